The quantitative estimate of drug-likeness (QED) is 0.792. The first-order valence-electron chi connectivity index (χ1n) is 7.36. The Hall–Kier alpha value is -1.63. The molecule has 23 heavy (non-hydrogen) atoms. The van der Waals surface area contributed by atoms with Gasteiger partial charge in [-0.05, 0) is 56.7 Å². The Bertz CT molecular complexity index is 672. The van der Waals surface area contributed by atoms with E-state index < -0.39 is 15.8 Å². The number of rotatable bonds is 6. The Labute approximate surface area is 138 Å². The van der Waals surface area contributed by atoms with Crippen LogP contribution in [-0.2, 0) is 11.1 Å². The standard InChI is InChI=1S/C17H21FN2O2S/c1-12(20-11-17(2,3)23(21)22)14-6-9-16(19-10-14)13-4-7-15(18)8-5-13/h4-10,12,20H,11H2,1-3H3,(H,21,22)/t12-/m0/s1. The molecule has 0 bridgehead atoms. The van der Waals surface area contributed by atoms with Crippen LogP contribution in [0, 0.1) is 5.82 Å². The fraction of sp³-hybridized carbons (Fsp3) is 0.353. The summed E-state index contributed by atoms with van der Waals surface area (Å²) < 4.78 is 32.7. The highest BCUT2D eigenvalue weighted by molar-refractivity contribution is 7.80. The Kier molecular flexibility index (Phi) is 5.62. The minimum absolute atomic E-state index is 0.00703. The average Bonchev–Trinajstić information content (AvgIpc) is 2.53. The van der Waals surface area contributed by atoms with Gasteiger partial charge in [0.1, 0.15) is 5.82 Å². The fourth-order valence-corrected chi connectivity index (χ4v) is 2.24. The van der Waals surface area contributed by atoms with E-state index in [1.54, 1.807) is 32.2 Å². The minimum atomic E-state index is -1.89. The molecule has 0 radical (unpaired) electrons. The molecule has 1 unspecified atom stereocenters. The van der Waals surface area contributed by atoms with Crippen molar-refractivity contribution in [3.63, 3.8) is 0 Å². The van der Waals surface area contributed by atoms with Gasteiger partial charge in [-0.3, -0.25) is 4.98 Å². The zero-order valence-electron chi connectivity index (χ0n) is 13.4. The number of hydrogen-bond acceptors (Lipinski definition) is 3. The lowest BCUT2D eigenvalue weighted by atomic mass is 10.1. The molecule has 1 aromatic heterocycles. The van der Waals surface area contributed by atoms with E-state index in [1.165, 1.54) is 12.1 Å². The molecule has 0 aliphatic carbocycles. The molecule has 2 rings (SSSR count). The van der Waals surface area contributed by atoms with Crippen LogP contribution in [0.2, 0.25) is 0 Å². The van der Waals surface area contributed by atoms with Crippen LogP contribution in [0.1, 0.15) is 32.4 Å². The van der Waals surface area contributed by atoms with Crippen molar-refractivity contribution in [2.24, 2.45) is 0 Å². The van der Waals surface area contributed by atoms with Crippen molar-refractivity contribution in [2.45, 2.75) is 31.6 Å². The molecule has 1 aromatic carbocycles. The highest BCUT2D eigenvalue weighted by atomic mass is 32.2. The number of hydrogen-bond donors (Lipinski definition) is 2. The smallest absolute Gasteiger partial charge is 0.159 e. The summed E-state index contributed by atoms with van der Waals surface area (Å²) in [7, 11) is 0. The lowest BCUT2D eigenvalue weighted by Crippen LogP contribution is -2.39. The molecule has 4 nitrogen and oxygen atoms in total. The molecule has 0 amide bonds. The van der Waals surface area contributed by atoms with E-state index in [4.69, 9.17) is 0 Å². The van der Waals surface area contributed by atoms with E-state index in [0.29, 0.717) is 6.54 Å². The van der Waals surface area contributed by atoms with Crippen molar-refractivity contribution in [3.8, 4) is 11.3 Å². The van der Waals surface area contributed by atoms with Gasteiger partial charge in [0.05, 0.1) is 10.4 Å². The highest BCUT2D eigenvalue weighted by Gasteiger charge is 2.25. The summed E-state index contributed by atoms with van der Waals surface area (Å²) in [5.74, 6) is -0.271. The van der Waals surface area contributed by atoms with Crippen LogP contribution in [0.15, 0.2) is 42.6 Å². The molecular formula is C17H21FN2O2S. The lowest BCUT2D eigenvalue weighted by Gasteiger charge is -2.23. The van der Waals surface area contributed by atoms with Gasteiger partial charge >= 0.3 is 0 Å². The maximum atomic E-state index is 12.9. The number of benzene rings is 1. The number of halogens is 1. The summed E-state index contributed by atoms with van der Waals surface area (Å²) in [6, 6.07) is 10.0. The molecular weight excluding hydrogens is 315 g/mol. The number of pyridine rings is 1. The molecule has 6 heteroatoms. The molecule has 0 saturated heterocycles. The first-order valence-corrected chi connectivity index (χ1v) is 8.46. The number of aromatic nitrogens is 1. The van der Waals surface area contributed by atoms with E-state index in [2.05, 4.69) is 10.3 Å². The van der Waals surface area contributed by atoms with Crippen molar-refractivity contribution in [3.05, 3.63) is 54.0 Å². The summed E-state index contributed by atoms with van der Waals surface area (Å²) in [5, 5.41) is 3.24. The van der Waals surface area contributed by atoms with Crippen LogP contribution in [0.3, 0.4) is 0 Å². The molecule has 2 N–H and O–H groups in total. The summed E-state index contributed by atoms with van der Waals surface area (Å²) in [6.07, 6.45) is 1.76. The van der Waals surface area contributed by atoms with Gasteiger partial charge in [-0.25, -0.2) is 8.60 Å². The van der Waals surface area contributed by atoms with Gasteiger partial charge in [-0.15, -0.1) is 0 Å². The molecule has 0 fully saturated rings. The third-order valence-corrected chi connectivity index (χ3v) is 4.82. The Morgan fingerprint density at radius 2 is 1.91 bits per heavy atom. The Balaban J connectivity index is 2.04. The Morgan fingerprint density at radius 3 is 2.43 bits per heavy atom. The van der Waals surface area contributed by atoms with Crippen molar-refractivity contribution in [1.82, 2.24) is 10.3 Å². The second-order valence-corrected chi connectivity index (χ2v) is 7.70. The third kappa shape index (κ3) is 4.67. The van der Waals surface area contributed by atoms with Gasteiger partial charge in [0.15, 0.2) is 11.1 Å². The van der Waals surface area contributed by atoms with E-state index in [0.717, 1.165) is 16.8 Å². The molecule has 2 aromatic rings. The summed E-state index contributed by atoms with van der Waals surface area (Å²) in [5.41, 5.74) is 2.61. The van der Waals surface area contributed by atoms with Crippen molar-refractivity contribution >= 4 is 11.1 Å². The van der Waals surface area contributed by atoms with Gasteiger partial charge in [-0.2, -0.15) is 0 Å². The lowest BCUT2D eigenvalue weighted by molar-refractivity contribution is 0.471. The van der Waals surface area contributed by atoms with E-state index in [-0.39, 0.29) is 11.9 Å². The minimum Gasteiger partial charge on any atom is -0.309 e. The molecule has 0 aliphatic heterocycles. The zero-order chi connectivity index (χ0) is 17.0. The van der Waals surface area contributed by atoms with Gasteiger partial charge in [-0.1, -0.05) is 6.07 Å². The molecule has 0 saturated carbocycles. The van der Waals surface area contributed by atoms with Crippen molar-refractivity contribution < 1.29 is 13.2 Å². The van der Waals surface area contributed by atoms with Crippen LogP contribution < -0.4 is 5.32 Å². The van der Waals surface area contributed by atoms with Gasteiger partial charge in [0.2, 0.25) is 0 Å². The van der Waals surface area contributed by atoms with E-state index >= 15 is 0 Å². The summed E-state index contributed by atoms with van der Waals surface area (Å²) in [4.78, 5) is 4.41. The normalized spacial score (nSPS) is 14.5. The second kappa shape index (κ2) is 7.29. The fourth-order valence-electron chi connectivity index (χ4n) is 2.03. The van der Waals surface area contributed by atoms with Crippen LogP contribution in [0.4, 0.5) is 4.39 Å². The first kappa shape index (κ1) is 17.7. The number of nitrogens with zero attached hydrogens (tertiary/aromatic N) is 1. The largest absolute Gasteiger partial charge is 0.309 e. The van der Waals surface area contributed by atoms with E-state index in [1.807, 2.05) is 19.1 Å². The molecule has 0 spiro atoms. The molecule has 0 aliphatic rings. The topological polar surface area (TPSA) is 62.2 Å². The van der Waals surface area contributed by atoms with Crippen LogP contribution in [0.5, 0.6) is 0 Å². The molecule has 2 atom stereocenters. The molecule has 124 valence electrons. The predicted octanol–water partition coefficient (Wildman–Crippen LogP) is 3.54. The highest BCUT2D eigenvalue weighted by Crippen LogP contribution is 2.20. The monoisotopic (exact) mass is 336 g/mol. The molecule has 1 heterocycles. The van der Waals surface area contributed by atoms with Gasteiger partial charge in [0, 0.05) is 24.3 Å². The van der Waals surface area contributed by atoms with Crippen LogP contribution in [-0.4, -0.2) is 25.0 Å². The predicted molar refractivity (Wildman–Crippen MR) is 90.9 cm³/mol. The average molecular weight is 336 g/mol. The SMILES string of the molecule is C[C@H](NCC(C)(C)S(=O)O)c1ccc(-c2ccc(F)cc2)nc1. The second-order valence-electron chi connectivity index (χ2n) is 6.10. The third-order valence-electron chi connectivity index (χ3n) is 3.73. The van der Waals surface area contributed by atoms with Gasteiger partial charge < -0.3 is 9.87 Å². The summed E-state index contributed by atoms with van der Waals surface area (Å²) >= 11 is -1.89. The van der Waals surface area contributed by atoms with Gasteiger partial charge in [0.25, 0.3) is 0 Å². The number of nitrogens with one attached hydrogen (secondary N) is 1. The zero-order valence-corrected chi connectivity index (χ0v) is 14.2. The van der Waals surface area contributed by atoms with E-state index in [9.17, 15) is 13.2 Å². The summed E-state index contributed by atoms with van der Waals surface area (Å²) in [6.45, 7) is 5.86. The van der Waals surface area contributed by atoms with Crippen LogP contribution in [0.25, 0.3) is 11.3 Å². The van der Waals surface area contributed by atoms with Crippen molar-refractivity contribution in [1.29, 1.82) is 0 Å². The maximum Gasteiger partial charge on any atom is 0.159 e. The Morgan fingerprint density at radius 1 is 1.26 bits per heavy atom. The van der Waals surface area contributed by atoms with Crippen LogP contribution >= 0.6 is 0 Å². The first-order chi connectivity index (χ1) is 10.8. The maximum absolute atomic E-state index is 12.9. The van der Waals surface area contributed by atoms with Crippen molar-refractivity contribution in [2.75, 3.05) is 6.54 Å².